The average Bonchev–Trinajstić information content (AvgIpc) is 3.21. The first-order chi connectivity index (χ1) is 20.2. The third kappa shape index (κ3) is 8.07. The van der Waals surface area contributed by atoms with Crippen LogP contribution in [0, 0.1) is 0 Å². The summed E-state index contributed by atoms with van der Waals surface area (Å²) in [6.07, 6.45) is 3.11. The van der Waals surface area contributed by atoms with Crippen molar-refractivity contribution in [3.8, 4) is 5.75 Å². The lowest BCUT2D eigenvalue weighted by atomic mass is 10.1. The van der Waals surface area contributed by atoms with E-state index in [9.17, 15) is 19.2 Å². The third-order valence-electron chi connectivity index (χ3n) is 5.98. The van der Waals surface area contributed by atoms with Gasteiger partial charge in [0.05, 0.1) is 22.1 Å². The van der Waals surface area contributed by atoms with Crippen LogP contribution >= 0.6 is 46.6 Å². The van der Waals surface area contributed by atoms with Gasteiger partial charge in [0.1, 0.15) is 18.9 Å². The van der Waals surface area contributed by atoms with E-state index < -0.39 is 29.6 Å². The van der Waals surface area contributed by atoms with E-state index in [0.717, 1.165) is 28.6 Å². The van der Waals surface area contributed by atoms with Gasteiger partial charge in [-0.3, -0.25) is 19.3 Å². The maximum atomic E-state index is 13.1. The van der Waals surface area contributed by atoms with E-state index in [-0.39, 0.29) is 34.4 Å². The van der Waals surface area contributed by atoms with Crippen LogP contribution in [0.2, 0.25) is 15.1 Å². The van der Waals surface area contributed by atoms with Gasteiger partial charge in [-0.2, -0.15) is 0 Å². The van der Waals surface area contributed by atoms with Gasteiger partial charge in [-0.25, -0.2) is 4.79 Å². The van der Waals surface area contributed by atoms with Crippen LogP contribution < -0.4 is 10.1 Å². The number of esters is 1. The van der Waals surface area contributed by atoms with Crippen LogP contribution in [0.15, 0.2) is 65.6 Å². The maximum absolute atomic E-state index is 13.1. The van der Waals surface area contributed by atoms with Crippen LogP contribution in [-0.2, 0) is 20.9 Å². The second-order valence-electron chi connectivity index (χ2n) is 9.06. The largest absolute Gasteiger partial charge is 0.488 e. The van der Waals surface area contributed by atoms with Gasteiger partial charge in [0, 0.05) is 26.9 Å². The molecule has 0 atom stereocenters. The average molecular weight is 648 g/mol. The molecule has 0 radical (unpaired) electrons. The Morgan fingerprint density at radius 3 is 2.55 bits per heavy atom. The molecule has 1 aliphatic rings. The number of benzene rings is 3. The third-order valence-corrected chi connectivity index (χ3v) is 7.80. The van der Waals surface area contributed by atoms with Crippen molar-refractivity contribution in [3.63, 3.8) is 0 Å². The summed E-state index contributed by atoms with van der Waals surface area (Å²) in [6, 6.07) is 16.4. The van der Waals surface area contributed by atoms with E-state index in [4.69, 9.17) is 44.3 Å². The first-order valence-corrected chi connectivity index (χ1v) is 14.8. The molecular weight excluding hydrogens is 623 g/mol. The highest BCUT2D eigenvalue weighted by Gasteiger charge is 2.36. The minimum absolute atomic E-state index is 0.0962. The molecule has 0 unspecified atom stereocenters. The van der Waals surface area contributed by atoms with Crippen LogP contribution in [0.1, 0.15) is 41.3 Å². The van der Waals surface area contributed by atoms with Crippen molar-refractivity contribution in [2.45, 2.75) is 26.4 Å². The number of unbranched alkanes of at least 4 members (excludes halogenated alkanes) is 1. The van der Waals surface area contributed by atoms with Gasteiger partial charge in [-0.1, -0.05) is 72.4 Å². The van der Waals surface area contributed by atoms with Gasteiger partial charge in [0.2, 0.25) is 5.91 Å². The number of nitrogens with one attached hydrogen (secondary N) is 1. The smallest absolute Gasteiger partial charge is 0.339 e. The fourth-order valence-electron chi connectivity index (χ4n) is 3.79. The Labute approximate surface area is 261 Å². The van der Waals surface area contributed by atoms with Crippen molar-refractivity contribution >= 4 is 81.4 Å². The number of anilines is 1. The van der Waals surface area contributed by atoms with Gasteiger partial charge < -0.3 is 14.8 Å². The van der Waals surface area contributed by atoms with Crippen LogP contribution in [0.25, 0.3) is 6.08 Å². The molecule has 42 heavy (non-hydrogen) atoms. The molecule has 3 amide bonds. The van der Waals surface area contributed by atoms with E-state index in [2.05, 4.69) is 5.32 Å². The van der Waals surface area contributed by atoms with Crippen molar-refractivity contribution in [1.29, 1.82) is 0 Å². The van der Waals surface area contributed by atoms with E-state index in [1.165, 1.54) is 24.3 Å². The number of carbonyl (C=O) groups is 4. The lowest BCUT2D eigenvalue weighted by molar-refractivity contribution is -0.127. The summed E-state index contributed by atoms with van der Waals surface area (Å²) in [7, 11) is 0. The highest BCUT2D eigenvalue weighted by Crippen LogP contribution is 2.34. The number of carbonyl (C=O) groups excluding carboxylic acids is 4. The maximum Gasteiger partial charge on any atom is 0.339 e. The Morgan fingerprint density at radius 1 is 1.00 bits per heavy atom. The highest BCUT2D eigenvalue weighted by molar-refractivity contribution is 8.18. The summed E-state index contributed by atoms with van der Waals surface area (Å²) in [4.78, 5) is 51.8. The topological polar surface area (TPSA) is 102 Å². The number of rotatable bonds is 11. The second kappa shape index (κ2) is 14.6. The summed E-state index contributed by atoms with van der Waals surface area (Å²) in [5.41, 5.74) is 1.65. The molecule has 8 nitrogen and oxygen atoms in total. The number of hydrogen-bond donors (Lipinski definition) is 1. The number of thioether (sulfide) groups is 1. The molecule has 4 rings (SSSR count). The molecule has 1 aliphatic heterocycles. The fraction of sp³-hybridized carbons (Fsp3) is 0.200. The zero-order valence-electron chi connectivity index (χ0n) is 22.3. The Balaban J connectivity index is 1.41. The zero-order valence-corrected chi connectivity index (χ0v) is 25.4. The standard InChI is InChI=1S/C30H25Cl3N2O6S/c1-2-3-12-40-29(38)22-15-21(10-11-23(22)32)34-27(36)16-35-28(37)26(42-30(35)39)13-18-6-4-5-7-25(18)41-17-19-8-9-20(31)14-24(19)33/h4-11,13-15H,2-3,12,16-17H2,1H3,(H,34,36)/b26-13+. The van der Waals surface area contributed by atoms with Gasteiger partial charge in [0.25, 0.3) is 11.1 Å². The molecule has 3 aromatic rings. The SMILES string of the molecule is CCCCOC(=O)c1cc(NC(=O)CN2C(=O)S/C(=C/c3ccccc3OCc3ccc(Cl)cc3Cl)C2=O)ccc1Cl. The van der Waals surface area contributed by atoms with Crippen molar-refractivity contribution in [3.05, 3.63) is 97.3 Å². The van der Waals surface area contributed by atoms with Gasteiger partial charge >= 0.3 is 5.97 Å². The zero-order chi connectivity index (χ0) is 30.2. The van der Waals surface area contributed by atoms with Crippen LogP contribution in [-0.4, -0.2) is 41.1 Å². The number of hydrogen-bond acceptors (Lipinski definition) is 7. The molecule has 12 heteroatoms. The summed E-state index contributed by atoms with van der Waals surface area (Å²) in [6.45, 7) is 1.86. The summed E-state index contributed by atoms with van der Waals surface area (Å²) >= 11 is 19.1. The molecule has 0 spiro atoms. The predicted octanol–water partition coefficient (Wildman–Crippen LogP) is 7.86. The second-order valence-corrected chi connectivity index (χ2v) is 11.3. The van der Waals surface area contributed by atoms with Crippen molar-refractivity contribution in [2.75, 3.05) is 18.5 Å². The fourth-order valence-corrected chi connectivity index (χ4v) is 5.28. The van der Waals surface area contributed by atoms with Gasteiger partial charge in [0.15, 0.2) is 0 Å². The van der Waals surface area contributed by atoms with Crippen molar-refractivity contribution < 1.29 is 28.7 Å². The Kier molecular flexibility index (Phi) is 10.9. The summed E-state index contributed by atoms with van der Waals surface area (Å²) < 4.78 is 11.1. The predicted molar refractivity (Wildman–Crippen MR) is 165 cm³/mol. The van der Waals surface area contributed by atoms with Crippen LogP contribution in [0.4, 0.5) is 10.5 Å². The monoisotopic (exact) mass is 646 g/mol. The molecule has 0 aliphatic carbocycles. The molecule has 1 fully saturated rings. The minimum atomic E-state index is -0.630. The van der Waals surface area contributed by atoms with Gasteiger partial charge in [-0.15, -0.1) is 0 Å². The molecule has 0 saturated carbocycles. The van der Waals surface area contributed by atoms with Crippen LogP contribution in [0.5, 0.6) is 5.75 Å². The molecular formula is C30H25Cl3N2O6S. The molecule has 0 bridgehead atoms. The normalized spacial score (nSPS) is 13.9. The number of amides is 3. The molecule has 1 saturated heterocycles. The Morgan fingerprint density at radius 2 is 1.79 bits per heavy atom. The van der Waals surface area contributed by atoms with E-state index in [1.807, 2.05) is 6.92 Å². The first kappa shape index (κ1) is 31.4. The van der Waals surface area contributed by atoms with E-state index >= 15 is 0 Å². The number of imide groups is 1. The quantitative estimate of drug-likeness (QED) is 0.128. The van der Waals surface area contributed by atoms with Crippen molar-refractivity contribution in [1.82, 2.24) is 4.90 Å². The Hall–Kier alpha value is -3.50. The molecule has 0 aromatic heterocycles. The summed E-state index contributed by atoms with van der Waals surface area (Å²) in [5, 5.41) is 3.14. The number of ether oxygens (including phenoxy) is 2. The number of nitrogens with zero attached hydrogens (tertiary/aromatic N) is 1. The lowest BCUT2D eigenvalue weighted by Crippen LogP contribution is -2.36. The molecule has 3 aromatic carbocycles. The molecule has 1 heterocycles. The van der Waals surface area contributed by atoms with Crippen molar-refractivity contribution in [2.24, 2.45) is 0 Å². The molecule has 218 valence electrons. The number of para-hydroxylation sites is 1. The van der Waals surface area contributed by atoms with E-state index in [0.29, 0.717) is 27.8 Å². The highest BCUT2D eigenvalue weighted by atomic mass is 35.5. The number of halogens is 3. The lowest BCUT2D eigenvalue weighted by Gasteiger charge is -2.13. The van der Waals surface area contributed by atoms with E-state index in [1.54, 1.807) is 42.5 Å². The van der Waals surface area contributed by atoms with Gasteiger partial charge in [-0.05, 0) is 60.7 Å². The van der Waals surface area contributed by atoms with Crippen LogP contribution in [0.3, 0.4) is 0 Å². The first-order valence-electron chi connectivity index (χ1n) is 12.8. The molecule has 1 N–H and O–H groups in total. The summed E-state index contributed by atoms with van der Waals surface area (Å²) in [5.74, 6) is -1.39. The Bertz CT molecular complexity index is 1560. The minimum Gasteiger partial charge on any atom is -0.488 e.